The van der Waals surface area contributed by atoms with E-state index in [0.717, 1.165) is 10.4 Å². The number of carboxylic acids is 1. The first-order valence-electron chi connectivity index (χ1n) is 9.58. The van der Waals surface area contributed by atoms with Gasteiger partial charge in [0.05, 0.1) is 24.1 Å². The van der Waals surface area contributed by atoms with Gasteiger partial charge < -0.3 is 15.2 Å². The maximum atomic E-state index is 13.0. The summed E-state index contributed by atoms with van der Waals surface area (Å²) in [7, 11) is 0. The monoisotopic (exact) mass is 411 g/mol. The number of thiophene rings is 1. The van der Waals surface area contributed by atoms with Gasteiger partial charge in [0.15, 0.2) is 0 Å². The number of ether oxygens (including phenoxy) is 1. The highest BCUT2D eigenvalue weighted by Crippen LogP contribution is 2.48. The Balaban J connectivity index is 1.64. The Morgan fingerprint density at radius 3 is 2.48 bits per heavy atom. The van der Waals surface area contributed by atoms with Crippen LogP contribution in [0.1, 0.15) is 23.0 Å². The lowest BCUT2D eigenvalue weighted by Gasteiger charge is -2.23. The van der Waals surface area contributed by atoms with Crippen molar-refractivity contribution in [3.8, 4) is 10.4 Å². The van der Waals surface area contributed by atoms with Crippen LogP contribution in [0.5, 0.6) is 0 Å². The minimum atomic E-state index is -0.956. The summed E-state index contributed by atoms with van der Waals surface area (Å²) in [4.78, 5) is 38.3. The molecule has 4 rings (SSSR count). The normalized spacial score (nSPS) is 24.4. The third-order valence-electron chi connectivity index (χ3n) is 5.56. The Kier molecular flexibility index (Phi) is 5.24. The van der Waals surface area contributed by atoms with Gasteiger partial charge in [-0.15, -0.1) is 11.3 Å². The van der Waals surface area contributed by atoms with Crippen LogP contribution in [0.15, 0.2) is 48.6 Å². The molecule has 2 aliphatic carbocycles. The smallest absolute Gasteiger partial charge is 0.350 e. The van der Waals surface area contributed by atoms with Crippen LogP contribution in [0.3, 0.4) is 0 Å². The number of rotatable bonds is 6. The first-order valence-corrected chi connectivity index (χ1v) is 10.4. The van der Waals surface area contributed by atoms with Crippen LogP contribution >= 0.6 is 11.3 Å². The standard InChI is InChI=1S/C22H21NO5S/c1-2-28-22(27)19-15(11-16(29-19)12-6-4-3-5-7-12)23-20(24)17-13-8-9-14(10-13)18(17)21(25)26/h3-9,11,13-14,17-18H,2,10H2,1H3,(H,23,24)(H,25,26)/t13-,14-,17-,18+/m0/s1. The molecular weight excluding hydrogens is 390 g/mol. The number of allylic oxidation sites excluding steroid dienone is 2. The van der Waals surface area contributed by atoms with Crippen LogP contribution in [0.4, 0.5) is 5.69 Å². The van der Waals surface area contributed by atoms with Crippen molar-refractivity contribution < 1.29 is 24.2 Å². The molecule has 1 aromatic heterocycles. The van der Waals surface area contributed by atoms with E-state index in [1.807, 2.05) is 42.5 Å². The highest BCUT2D eigenvalue weighted by atomic mass is 32.1. The Labute approximate surface area is 172 Å². The van der Waals surface area contributed by atoms with E-state index >= 15 is 0 Å². The molecule has 0 unspecified atom stereocenters. The summed E-state index contributed by atoms with van der Waals surface area (Å²) in [5.74, 6) is -3.39. The Morgan fingerprint density at radius 1 is 1.14 bits per heavy atom. The SMILES string of the molecule is CCOC(=O)c1sc(-c2ccccc2)cc1NC(=O)[C@@H]1[C@H](C(=O)O)[C@H]2C=C[C@H]1C2. The minimum absolute atomic E-state index is 0.0839. The van der Waals surface area contributed by atoms with Crippen LogP contribution in [-0.2, 0) is 14.3 Å². The number of hydrogen-bond donors (Lipinski definition) is 2. The van der Waals surface area contributed by atoms with Crippen LogP contribution < -0.4 is 5.32 Å². The number of nitrogens with one attached hydrogen (secondary N) is 1. The van der Waals surface area contributed by atoms with E-state index in [9.17, 15) is 19.5 Å². The molecule has 7 heteroatoms. The maximum absolute atomic E-state index is 13.0. The number of aliphatic carboxylic acids is 1. The fourth-order valence-corrected chi connectivity index (χ4v) is 5.32. The van der Waals surface area contributed by atoms with E-state index in [0.29, 0.717) is 17.0 Å². The van der Waals surface area contributed by atoms with Crippen LogP contribution in [-0.4, -0.2) is 29.6 Å². The first kappa shape index (κ1) is 19.4. The molecule has 4 atom stereocenters. The summed E-state index contributed by atoms with van der Waals surface area (Å²) < 4.78 is 5.15. The lowest BCUT2D eigenvalue weighted by atomic mass is 9.82. The number of benzene rings is 1. The van der Waals surface area contributed by atoms with Gasteiger partial charge in [0.1, 0.15) is 4.88 Å². The molecule has 2 bridgehead atoms. The molecule has 1 aromatic carbocycles. The lowest BCUT2D eigenvalue weighted by molar-refractivity contribution is -0.146. The topological polar surface area (TPSA) is 92.7 Å². The lowest BCUT2D eigenvalue weighted by Crippen LogP contribution is -2.36. The van der Waals surface area contributed by atoms with Gasteiger partial charge in [-0.05, 0) is 36.8 Å². The predicted octanol–water partition coefficient (Wildman–Crippen LogP) is 4.05. The number of carbonyl (C=O) groups excluding carboxylic acids is 2. The Bertz CT molecular complexity index is 980. The Morgan fingerprint density at radius 2 is 1.83 bits per heavy atom. The zero-order valence-corrected chi connectivity index (χ0v) is 16.6. The number of carbonyl (C=O) groups is 3. The molecule has 1 heterocycles. The number of esters is 1. The molecular formula is C22H21NO5S. The van der Waals surface area contributed by atoms with Crippen molar-refractivity contribution in [1.29, 1.82) is 0 Å². The van der Waals surface area contributed by atoms with Crippen molar-refractivity contribution in [2.75, 3.05) is 11.9 Å². The predicted molar refractivity (Wildman–Crippen MR) is 110 cm³/mol. The highest BCUT2D eigenvalue weighted by molar-refractivity contribution is 7.18. The van der Waals surface area contributed by atoms with Gasteiger partial charge in [0.2, 0.25) is 5.91 Å². The second-order valence-corrected chi connectivity index (χ2v) is 8.32. The number of carboxylic acid groups (broad SMARTS) is 1. The zero-order chi connectivity index (χ0) is 20.5. The molecule has 1 amide bonds. The molecule has 0 saturated heterocycles. The second kappa shape index (κ2) is 7.83. The third-order valence-corrected chi connectivity index (χ3v) is 6.72. The quantitative estimate of drug-likeness (QED) is 0.553. The second-order valence-electron chi connectivity index (χ2n) is 7.27. The van der Waals surface area contributed by atoms with Crippen molar-refractivity contribution >= 4 is 34.9 Å². The van der Waals surface area contributed by atoms with Gasteiger partial charge in [0, 0.05) is 4.88 Å². The molecule has 2 aromatic rings. The number of amides is 1. The molecule has 2 N–H and O–H groups in total. The molecule has 1 saturated carbocycles. The molecule has 6 nitrogen and oxygen atoms in total. The average molecular weight is 411 g/mol. The van der Waals surface area contributed by atoms with Crippen molar-refractivity contribution in [2.24, 2.45) is 23.7 Å². The van der Waals surface area contributed by atoms with Crippen LogP contribution in [0.2, 0.25) is 0 Å². The summed E-state index contributed by atoms with van der Waals surface area (Å²) in [5.41, 5.74) is 1.29. The molecule has 0 aliphatic heterocycles. The molecule has 1 fully saturated rings. The fraction of sp³-hybridized carbons (Fsp3) is 0.318. The van der Waals surface area contributed by atoms with E-state index in [-0.39, 0.29) is 24.3 Å². The summed E-state index contributed by atoms with van der Waals surface area (Å²) in [5, 5.41) is 12.4. The number of hydrogen-bond acceptors (Lipinski definition) is 5. The van der Waals surface area contributed by atoms with E-state index in [2.05, 4.69) is 5.32 Å². The van der Waals surface area contributed by atoms with Crippen LogP contribution in [0, 0.1) is 23.7 Å². The van der Waals surface area contributed by atoms with Gasteiger partial charge in [-0.2, -0.15) is 0 Å². The van der Waals surface area contributed by atoms with Crippen LogP contribution in [0.25, 0.3) is 10.4 Å². The summed E-state index contributed by atoms with van der Waals surface area (Å²) in [6, 6.07) is 11.3. The van der Waals surface area contributed by atoms with Gasteiger partial charge in [-0.25, -0.2) is 4.79 Å². The average Bonchev–Trinajstić information content (AvgIpc) is 3.43. The van der Waals surface area contributed by atoms with E-state index < -0.39 is 23.8 Å². The summed E-state index contributed by atoms with van der Waals surface area (Å²) in [6.45, 7) is 1.95. The van der Waals surface area contributed by atoms with E-state index in [1.54, 1.807) is 13.0 Å². The van der Waals surface area contributed by atoms with Gasteiger partial charge >= 0.3 is 11.9 Å². The van der Waals surface area contributed by atoms with Crippen molar-refractivity contribution in [2.45, 2.75) is 13.3 Å². The maximum Gasteiger partial charge on any atom is 0.350 e. The van der Waals surface area contributed by atoms with Gasteiger partial charge in [-0.3, -0.25) is 9.59 Å². The van der Waals surface area contributed by atoms with Crippen molar-refractivity contribution in [3.05, 3.63) is 53.4 Å². The fourth-order valence-electron chi connectivity index (χ4n) is 4.31. The third kappa shape index (κ3) is 3.58. The first-order chi connectivity index (χ1) is 14.0. The largest absolute Gasteiger partial charge is 0.481 e. The van der Waals surface area contributed by atoms with Crippen molar-refractivity contribution in [1.82, 2.24) is 0 Å². The number of anilines is 1. The molecule has 0 radical (unpaired) electrons. The van der Waals surface area contributed by atoms with E-state index in [4.69, 9.17) is 4.74 Å². The molecule has 0 spiro atoms. The molecule has 2 aliphatic rings. The van der Waals surface area contributed by atoms with Gasteiger partial charge in [0.25, 0.3) is 0 Å². The summed E-state index contributed by atoms with van der Waals surface area (Å²) in [6.07, 6.45) is 4.51. The Hall–Kier alpha value is -2.93. The minimum Gasteiger partial charge on any atom is -0.481 e. The number of fused-ring (bicyclic) bond motifs is 2. The van der Waals surface area contributed by atoms with Gasteiger partial charge in [-0.1, -0.05) is 42.5 Å². The van der Waals surface area contributed by atoms with Crippen molar-refractivity contribution in [3.63, 3.8) is 0 Å². The molecule has 29 heavy (non-hydrogen) atoms. The molecule has 150 valence electrons. The highest BCUT2D eigenvalue weighted by Gasteiger charge is 2.51. The summed E-state index contributed by atoms with van der Waals surface area (Å²) >= 11 is 1.25. The zero-order valence-electron chi connectivity index (χ0n) is 15.8. The van der Waals surface area contributed by atoms with E-state index in [1.165, 1.54) is 11.3 Å².